The molecule has 9 heteroatoms. The van der Waals surface area contributed by atoms with E-state index in [1.165, 1.54) is 0 Å². The lowest BCUT2D eigenvalue weighted by Crippen LogP contribution is -2.60. The van der Waals surface area contributed by atoms with Gasteiger partial charge in [-0.25, -0.2) is 0 Å². The molecule has 1 atom stereocenters. The van der Waals surface area contributed by atoms with E-state index in [0.717, 1.165) is 55.7 Å². The van der Waals surface area contributed by atoms with Crippen LogP contribution in [0.25, 0.3) is 11.3 Å². The Balaban J connectivity index is 1.49. The summed E-state index contributed by atoms with van der Waals surface area (Å²) >= 11 is 0. The molecule has 2 aromatic heterocycles. The number of aromatic nitrogens is 3. The number of amides is 2. The molecule has 2 amide bonds. The van der Waals surface area contributed by atoms with Gasteiger partial charge in [-0.1, -0.05) is 5.16 Å². The zero-order valence-electron chi connectivity index (χ0n) is 18.8. The normalized spacial score (nSPS) is 21.5. The summed E-state index contributed by atoms with van der Waals surface area (Å²) in [5.74, 6) is 0.165. The Morgan fingerprint density at radius 2 is 1.94 bits per heavy atom. The van der Waals surface area contributed by atoms with Crippen LogP contribution < -0.4 is 5.73 Å². The molecule has 0 saturated carbocycles. The Kier molecular flexibility index (Phi) is 5.63. The monoisotopic (exact) mass is 428 g/mol. The molecule has 2 fully saturated rings. The Labute approximate surface area is 182 Å². The first kappa shape index (κ1) is 21.5. The predicted molar refractivity (Wildman–Crippen MR) is 115 cm³/mol. The minimum absolute atomic E-state index is 0.136. The third-order valence-electron chi connectivity index (χ3n) is 7.18. The molecule has 0 aliphatic carbocycles. The van der Waals surface area contributed by atoms with Gasteiger partial charge in [0.15, 0.2) is 11.5 Å². The van der Waals surface area contributed by atoms with E-state index in [9.17, 15) is 9.59 Å². The molecule has 0 aromatic carbocycles. The van der Waals surface area contributed by atoms with Gasteiger partial charge in [-0.2, -0.15) is 5.10 Å². The number of piperidine rings is 2. The summed E-state index contributed by atoms with van der Waals surface area (Å²) in [5.41, 5.74) is 8.65. The highest BCUT2D eigenvalue weighted by Gasteiger charge is 2.48. The zero-order chi connectivity index (χ0) is 22.3. The lowest BCUT2D eigenvalue weighted by Gasteiger charge is -2.51. The summed E-state index contributed by atoms with van der Waals surface area (Å²) in [4.78, 5) is 29.2. The number of hydrogen-bond donors (Lipinski definition) is 1. The summed E-state index contributed by atoms with van der Waals surface area (Å²) in [6.45, 7) is 8.78. The van der Waals surface area contributed by atoms with Crippen LogP contribution in [0.5, 0.6) is 0 Å². The first-order chi connectivity index (χ1) is 14.8. The fourth-order valence-electron chi connectivity index (χ4n) is 5.63. The fraction of sp³-hybridized carbons (Fsp3) is 0.636. The molecule has 2 N–H and O–H groups in total. The Bertz CT molecular complexity index is 986. The number of primary amides is 1. The van der Waals surface area contributed by atoms with Crippen molar-refractivity contribution in [3.63, 3.8) is 0 Å². The van der Waals surface area contributed by atoms with Crippen LogP contribution in [0.3, 0.4) is 0 Å². The quantitative estimate of drug-likeness (QED) is 0.797. The highest BCUT2D eigenvalue weighted by atomic mass is 16.5. The van der Waals surface area contributed by atoms with Gasteiger partial charge in [-0.3, -0.25) is 19.2 Å². The van der Waals surface area contributed by atoms with Gasteiger partial charge in [0.25, 0.3) is 5.91 Å². The highest BCUT2D eigenvalue weighted by molar-refractivity contribution is 5.93. The number of likely N-dealkylation sites (N-methyl/N-ethyl adjacent to an activating group) is 1. The van der Waals surface area contributed by atoms with Crippen molar-refractivity contribution < 1.29 is 14.1 Å². The highest BCUT2D eigenvalue weighted by Crippen LogP contribution is 2.44. The zero-order valence-corrected chi connectivity index (χ0v) is 18.8. The Morgan fingerprint density at radius 3 is 2.55 bits per heavy atom. The predicted octanol–water partition coefficient (Wildman–Crippen LogP) is 1.98. The number of carbonyl (C=O) groups excluding carboxylic acids is 2. The molecule has 0 bridgehead atoms. The average molecular weight is 429 g/mol. The molecule has 1 unspecified atom stereocenters. The van der Waals surface area contributed by atoms with E-state index < -0.39 is 0 Å². The lowest BCUT2D eigenvalue weighted by atomic mass is 9.66. The van der Waals surface area contributed by atoms with Crippen LogP contribution in [-0.2, 0) is 11.3 Å². The van der Waals surface area contributed by atoms with E-state index in [-0.39, 0.29) is 23.3 Å². The van der Waals surface area contributed by atoms with E-state index in [1.807, 2.05) is 37.4 Å². The molecule has 31 heavy (non-hydrogen) atoms. The molecule has 2 aliphatic rings. The summed E-state index contributed by atoms with van der Waals surface area (Å²) in [7, 11) is 1.97. The topological polar surface area (TPSA) is 110 Å². The summed E-state index contributed by atoms with van der Waals surface area (Å²) in [6, 6.07) is 1.45. The molecular weight excluding hydrogens is 396 g/mol. The molecule has 4 heterocycles. The van der Waals surface area contributed by atoms with E-state index in [4.69, 9.17) is 10.3 Å². The number of hydrogen-bond acceptors (Lipinski definition) is 6. The second-order valence-corrected chi connectivity index (χ2v) is 8.98. The van der Waals surface area contributed by atoms with Crippen molar-refractivity contribution in [1.29, 1.82) is 0 Å². The van der Waals surface area contributed by atoms with Crippen molar-refractivity contribution in [3.8, 4) is 11.3 Å². The average Bonchev–Trinajstić information content (AvgIpc) is 3.31. The van der Waals surface area contributed by atoms with Gasteiger partial charge in [-0.15, -0.1) is 0 Å². The number of carbonyl (C=O) groups is 2. The minimum Gasteiger partial charge on any atom is -0.368 e. The molecule has 2 saturated heterocycles. The van der Waals surface area contributed by atoms with Crippen molar-refractivity contribution >= 4 is 11.8 Å². The van der Waals surface area contributed by atoms with Gasteiger partial charge >= 0.3 is 0 Å². The van der Waals surface area contributed by atoms with Crippen molar-refractivity contribution in [2.24, 2.45) is 11.1 Å². The third kappa shape index (κ3) is 3.64. The fourth-order valence-corrected chi connectivity index (χ4v) is 5.63. The summed E-state index contributed by atoms with van der Waals surface area (Å²) < 4.78 is 7.45. The molecule has 1 spiro atoms. The van der Waals surface area contributed by atoms with E-state index >= 15 is 0 Å². The van der Waals surface area contributed by atoms with Crippen molar-refractivity contribution in [1.82, 2.24) is 24.7 Å². The first-order valence-corrected chi connectivity index (χ1v) is 11.1. The van der Waals surface area contributed by atoms with Crippen LogP contribution >= 0.6 is 0 Å². The van der Waals surface area contributed by atoms with Crippen molar-refractivity contribution in [2.45, 2.75) is 59.0 Å². The van der Waals surface area contributed by atoms with Crippen LogP contribution in [0.1, 0.15) is 54.5 Å². The SMILES string of the molecule is CCn1nc(C)c(-c2cc(C(=O)N3CCC4(CCCN(C)C4C(N)=O)CC3)no2)c1C. The molecule has 9 nitrogen and oxygen atoms in total. The van der Waals surface area contributed by atoms with Crippen LogP contribution in [-0.4, -0.2) is 69.3 Å². The number of likely N-dealkylation sites (tertiary alicyclic amines) is 2. The Morgan fingerprint density at radius 1 is 1.23 bits per heavy atom. The van der Waals surface area contributed by atoms with Crippen LogP contribution in [0.4, 0.5) is 0 Å². The molecule has 2 aliphatic heterocycles. The standard InChI is InChI=1S/C22H32N6O3/c1-5-28-15(3)18(14(2)24-28)17-13-16(25-31-17)21(30)27-11-8-22(9-12-27)7-6-10-26(4)19(22)20(23)29/h13,19H,5-12H2,1-4H3,(H2,23,29). The smallest absolute Gasteiger partial charge is 0.276 e. The third-order valence-corrected chi connectivity index (χ3v) is 7.18. The molecule has 168 valence electrons. The van der Waals surface area contributed by atoms with Gasteiger partial charge in [0, 0.05) is 31.4 Å². The maximum atomic E-state index is 13.1. The second-order valence-electron chi connectivity index (χ2n) is 8.98. The number of nitrogens with zero attached hydrogens (tertiary/aromatic N) is 5. The molecular formula is C22H32N6O3. The van der Waals surface area contributed by atoms with Gasteiger partial charge < -0.3 is 15.2 Å². The van der Waals surface area contributed by atoms with Gasteiger partial charge in [-0.05, 0) is 65.5 Å². The number of rotatable bonds is 4. The molecule has 2 aromatic rings. The van der Waals surface area contributed by atoms with Crippen LogP contribution in [0.15, 0.2) is 10.6 Å². The Hall–Kier alpha value is -2.68. The van der Waals surface area contributed by atoms with Gasteiger partial charge in [0.05, 0.1) is 17.3 Å². The van der Waals surface area contributed by atoms with Crippen molar-refractivity contribution in [2.75, 3.05) is 26.7 Å². The van der Waals surface area contributed by atoms with Crippen LogP contribution in [0, 0.1) is 19.3 Å². The van der Waals surface area contributed by atoms with Crippen molar-refractivity contribution in [3.05, 3.63) is 23.1 Å². The maximum Gasteiger partial charge on any atom is 0.276 e. The van der Waals surface area contributed by atoms with E-state index in [2.05, 4.69) is 15.2 Å². The largest absolute Gasteiger partial charge is 0.368 e. The minimum atomic E-state index is -0.266. The number of nitrogens with two attached hydrogens (primary N) is 1. The van der Waals surface area contributed by atoms with E-state index in [0.29, 0.717) is 24.5 Å². The number of aryl methyl sites for hydroxylation is 2. The lowest BCUT2D eigenvalue weighted by molar-refractivity contribution is -0.132. The van der Waals surface area contributed by atoms with E-state index in [1.54, 1.807) is 6.07 Å². The maximum absolute atomic E-state index is 13.1. The molecule has 0 radical (unpaired) electrons. The van der Waals surface area contributed by atoms with Gasteiger partial charge in [0.2, 0.25) is 5.91 Å². The van der Waals surface area contributed by atoms with Gasteiger partial charge in [0.1, 0.15) is 0 Å². The second kappa shape index (κ2) is 8.11. The summed E-state index contributed by atoms with van der Waals surface area (Å²) in [5, 5.41) is 8.58. The molecule has 4 rings (SSSR count). The van der Waals surface area contributed by atoms with Crippen LogP contribution in [0.2, 0.25) is 0 Å². The summed E-state index contributed by atoms with van der Waals surface area (Å²) in [6.07, 6.45) is 3.55. The first-order valence-electron chi connectivity index (χ1n) is 11.1.